The van der Waals surface area contributed by atoms with Crippen LogP contribution >= 0.6 is 15.9 Å². The number of hydrogen-bond acceptors (Lipinski definition) is 4. The minimum Gasteiger partial charge on any atom is -0.245 e. The fourth-order valence-electron chi connectivity index (χ4n) is 1.49. The molecule has 92 valence electrons. The van der Waals surface area contributed by atoms with E-state index < -0.39 is 0 Å². The number of nitrogens with one attached hydrogen (secondary N) is 1. The Labute approximate surface area is 114 Å². The van der Waals surface area contributed by atoms with Gasteiger partial charge in [-0.2, -0.15) is 5.10 Å². The molecule has 1 N–H and O–H groups in total. The predicted octanol–water partition coefficient (Wildman–Crippen LogP) is 3.30. The van der Waals surface area contributed by atoms with Gasteiger partial charge in [-0.25, -0.2) is 15.4 Å². The standard InChI is InChI=1S/C13H13BrN4/c1-9-7-10(2)17-13(16-9)18-15-8-11-3-5-12(14)6-4-11/h3-8H,1-2H3,(H,16,17,18). The van der Waals surface area contributed by atoms with Crippen LogP contribution in [0.5, 0.6) is 0 Å². The molecular formula is C13H13BrN4. The van der Waals surface area contributed by atoms with Crippen LogP contribution in [0.25, 0.3) is 0 Å². The first-order valence-electron chi connectivity index (χ1n) is 5.50. The van der Waals surface area contributed by atoms with Crippen molar-refractivity contribution < 1.29 is 0 Å². The molecule has 0 spiro atoms. The van der Waals surface area contributed by atoms with Crippen LogP contribution in [-0.2, 0) is 0 Å². The monoisotopic (exact) mass is 304 g/mol. The summed E-state index contributed by atoms with van der Waals surface area (Å²) in [5.74, 6) is 0.515. The highest BCUT2D eigenvalue weighted by Gasteiger charge is 1.96. The molecule has 2 rings (SSSR count). The third-order valence-corrected chi connectivity index (χ3v) is 2.76. The van der Waals surface area contributed by atoms with E-state index in [1.165, 1.54) is 0 Å². The van der Waals surface area contributed by atoms with Crippen LogP contribution in [0.4, 0.5) is 5.95 Å². The number of aryl methyl sites for hydroxylation is 2. The topological polar surface area (TPSA) is 50.2 Å². The van der Waals surface area contributed by atoms with Crippen molar-refractivity contribution in [1.82, 2.24) is 9.97 Å². The molecule has 0 bridgehead atoms. The highest BCUT2D eigenvalue weighted by Crippen LogP contribution is 2.09. The lowest BCUT2D eigenvalue weighted by molar-refractivity contribution is 1.04. The molecule has 0 saturated carbocycles. The number of nitrogens with zero attached hydrogens (tertiary/aromatic N) is 3. The van der Waals surface area contributed by atoms with Gasteiger partial charge in [-0.1, -0.05) is 28.1 Å². The van der Waals surface area contributed by atoms with Crippen molar-refractivity contribution in [3.05, 3.63) is 51.8 Å². The molecule has 0 atom stereocenters. The van der Waals surface area contributed by atoms with Crippen molar-refractivity contribution in [3.8, 4) is 0 Å². The second-order valence-corrected chi connectivity index (χ2v) is 4.81. The Kier molecular flexibility index (Phi) is 4.04. The summed E-state index contributed by atoms with van der Waals surface area (Å²) in [6.07, 6.45) is 1.73. The number of hydrogen-bond donors (Lipinski definition) is 1. The molecule has 0 fully saturated rings. The number of hydrazone groups is 1. The van der Waals surface area contributed by atoms with Crippen molar-refractivity contribution in [2.75, 3.05) is 5.43 Å². The molecule has 18 heavy (non-hydrogen) atoms. The third kappa shape index (κ3) is 3.63. The fourth-order valence-corrected chi connectivity index (χ4v) is 1.75. The average molecular weight is 305 g/mol. The van der Waals surface area contributed by atoms with Crippen molar-refractivity contribution >= 4 is 28.1 Å². The van der Waals surface area contributed by atoms with Gasteiger partial charge in [0.1, 0.15) is 0 Å². The van der Waals surface area contributed by atoms with Gasteiger partial charge in [-0.15, -0.1) is 0 Å². The van der Waals surface area contributed by atoms with Crippen molar-refractivity contribution in [1.29, 1.82) is 0 Å². The summed E-state index contributed by atoms with van der Waals surface area (Å²) in [4.78, 5) is 8.47. The van der Waals surface area contributed by atoms with Gasteiger partial charge >= 0.3 is 0 Å². The molecule has 0 amide bonds. The maximum Gasteiger partial charge on any atom is 0.243 e. The molecule has 0 saturated heterocycles. The van der Waals surface area contributed by atoms with Crippen LogP contribution in [0.2, 0.25) is 0 Å². The second kappa shape index (κ2) is 5.73. The molecule has 0 aliphatic heterocycles. The van der Waals surface area contributed by atoms with E-state index in [0.717, 1.165) is 21.4 Å². The summed E-state index contributed by atoms with van der Waals surface area (Å²) in [6, 6.07) is 9.79. The Morgan fingerprint density at radius 2 is 1.72 bits per heavy atom. The SMILES string of the molecule is Cc1cc(C)nc(NN=Cc2ccc(Br)cc2)n1. The molecule has 1 heterocycles. The zero-order valence-corrected chi connectivity index (χ0v) is 11.8. The molecule has 0 unspecified atom stereocenters. The first-order valence-corrected chi connectivity index (χ1v) is 6.30. The quantitative estimate of drug-likeness (QED) is 0.699. The largest absolute Gasteiger partial charge is 0.245 e. The zero-order chi connectivity index (χ0) is 13.0. The molecular weight excluding hydrogens is 292 g/mol. The van der Waals surface area contributed by atoms with Crippen molar-refractivity contribution in [2.24, 2.45) is 5.10 Å². The molecule has 2 aromatic rings. The molecule has 1 aromatic carbocycles. The number of aromatic nitrogens is 2. The second-order valence-electron chi connectivity index (χ2n) is 3.90. The third-order valence-electron chi connectivity index (χ3n) is 2.23. The van der Waals surface area contributed by atoms with E-state index in [1.54, 1.807) is 6.21 Å². The first kappa shape index (κ1) is 12.7. The lowest BCUT2D eigenvalue weighted by atomic mass is 10.2. The Bertz CT molecular complexity index is 543. The van der Waals surface area contributed by atoms with Gasteiger partial charge in [0.05, 0.1) is 6.21 Å². The number of rotatable bonds is 3. The van der Waals surface area contributed by atoms with E-state index in [9.17, 15) is 0 Å². The highest BCUT2D eigenvalue weighted by atomic mass is 79.9. The van der Waals surface area contributed by atoms with Crippen molar-refractivity contribution in [2.45, 2.75) is 13.8 Å². The summed E-state index contributed by atoms with van der Waals surface area (Å²) in [5.41, 5.74) is 5.67. The van der Waals surface area contributed by atoms with E-state index in [-0.39, 0.29) is 0 Å². The Hall–Kier alpha value is -1.75. The summed E-state index contributed by atoms with van der Waals surface area (Å²) in [7, 11) is 0. The van der Waals surface area contributed by atoms with Gasteiger partial charge in [0, 0.05) is 15.9 Å². The number of halogens is 1. The van der Waals surface area contributed by atoms with E-state index in [1.807, 2.05) is 44.2 Å². The molecule has 1 aromatic heterocycles. The van der Waals surface area contributed by atoms with E-state index in [4.69, 9.17) is 0 Å². The van der Waals surface area contributed by atoms with Gasteiger partial charge in [-0.3, -0.25) is 0 Å². The van der Waals surface area contributed by atoms with Gasteiger partial charge in [0.25, 0.3) is 0 Å². The zero-order valence-electron chi connectivity index (χ0n) is 10.2. The van der Waals surface area contributed by atoms with E-state index >= 15 is 0 Å². The van der Waals surface area contributed by atoms with Crippen LogP contribution in [0.3, 0.4) is 0 Å². The molecule has 0 radical (unpaired) electrons. The summed E-state index contributed by atoms with van der Waals surface area (Å²) in [6.45, 7) is 3.86. The Morgan fingerprint density at radius 1 is 1.11 bits per heavy atom. The predicted molar refractivity (Wildman–Crippen MR) is 76.9 cm³/mol. The average Bonchev–Trinajstić information content (AvgIpc) is 2.30. The highest BCUT2D eigenvalue weighted by molar-refractivity contribution is 9.10. The van der Waals surface area contributed by atoms with Crippen LogP contribution in [0, 0.1) is 13.8 Å². The summed E-state index contributed by atoms with van der Waals surface area (Å²) < 4.78 is 1.05. The Morgan fingerprint density at radius 3 is 2.33 bits per heavy atom. The molecule has 0 aliphatic rings. The van der Waals surface area contributed by atoms with Crippen LogP contribution in [0.1, 0.15) is 17.0 Å². The molecule has 5 heteroatoms. The van der Waals surface area contributed by atoms with Gasteiger partial charge in [0.2, 0.25) is 5.95 Å². The molecule has 4 nitrogen and oxygen atoms in total. The van der Waals surface area contributed by atoms with E-state index in [0.29, 0.717) is 5.95 Å². The van der Waals surface area contributed by atoms with Gasteiger partial charge in [0.15, 0.2) is 0 Å². The number of benzene rings is 1. The minimum absolute atomic E-state index is 0.515. The normalized spacial score (nSPS) is 10.8. The first-order chi connectivity index (χ1) is 8.63. The summed E-state index contributed by atoms with van der Waals surface area (Å²) in [5, 5.41) is 4.11. The summed E-state index contributed by atoms with van der Waals surface area (Å²) >= 11 is 3.39. The maximum absolute atomic E-state index is 4.24. The van der Waals surface area contributed by atoms with Crippen LogP contribution < -0.4 is 5.43 Å². The van der Waals surface area contributed by atoms with Gasteiger partial charge < -0.3 is 0 Å². The minimum atomic E-state index is 0.515. The van der Waals surface area contributed by atoms with Crippen LogP contribution in [-0.4, -0.2) is 16.2 Å². The van der Waals surface area contributed by atoms with Crippen LogP contribution in [0.15, 0.2) is 39.9 Å². The maximum atomic E-state index is 4.24. The number of anilines is 1. The van der Waals surface area contributed by atoms with Crippen molar-refractivity contribution in [3.63, 3.8) is 0 Å². The Balaban J connectivity index is 2.04. The van der Waals surface area contributed by atoms with Gasteiger partial charge in [-0.05, 0) is 37.6 Å². The van der Waals surface area contributed by atoms with E-state index in [2.05, 4.69) is 36.4 Å². The lowest BCUT2D eigenvalue weighted by Crippen LogP contribution is -1.99. The molecule has 0 aliphatic carbocycles. The lowest BCUT2D eigenvalue weighted by Gasteiger charge is -2.01. The fraction of sp³-hybridized carbons (Fsp3) is 0.154. The smallest absolute Gasteiger partial charge is 0.243 e.